The van der Waals surface area contributed by atoms with Crippen molar-refractivity contribution >= 4 is 50.9 Å². The third-order valence-corrected chi connectivity index (χ3v) is 7.44. The number of halogens is 3. The van der Waals surface area contributed by atoms with Crippen molar-refractivity contribution in [2.24, 2.45) is 0 Å². The van der Waals surface area contributed by atoms with Gasteiger partial charge in [0.05, 0.1) is 15.7 Å². The Morgan fingerprint density at radius 2 is 1.73 bits per heavy atom. The van der Waals surface area contributed by atoms with Crippen LogP contribution in [0.2, 0.25) is 10.0 Å². The van der Waals surface area contributed by atoms with Crippen molar-refractivity contribution in [3.05, 3.63) is 63.9 Å². The Labute approximate surface area is 203 Å². The van der Waals surface area contributed by atoms with Gasteiger partial charge in [0.15, 0.2) is 0 Å². The van der Waals surface area contributed by atoms with E-state index >= 15 is 0 Å². The number of nitrogens with one attached hydrogen (secondary N) is 1. The van der Waals surface area contributed by atoms with Gasteiger partial charge in [-0.25, -0.2) is 8.70 Å². The number of hydrogen-bond acceptors (Lipinski definition) is 4. The quantitative estimate of drug-likeness (QED) is 0.552. The number of benzene rings is 2. The Kier molecular flexibility index (Phi) is 9.07. The predicted molar refractivity (Wildman–Crippen MR) is 127 cm³/mol. The Bertz CT molecular complexity index is 1130. The number of rotatable bonds is 9. The second-order valence-corrected chi connectivity index (χ2v) is 10.2. The van der Waals surface area contributed by atoms with E-state index in [1.54, 1.807) is 18.2 Å². The van der Waals surface area contributed by atoms with Gasteiger partial charge in [0.25, 0.3) is 0 Å². The van der Waals surface area contributed by atoms with Crippen LogP contribution in [0.3, 0.4) is 0 Å². The summed E-state index contributed by atoms with van der Waals surface area (Å²) in [5, 5.41) is 3.05. The highest BCUT2D eigenvalue weighted by Crippen LogP contribution is 2.25. The highest BCUT2D eigenvalue weighted by molar-refractivity contribution is 7.90. The number of carbonyl (C=O) groups is 2. The van der Waals surface area contributed by atoms with Gasteiger partial charge in [-0.05, 0) is 36.8 Å². The molecule has 2 amide bonds. The van der Waals surface area contributed by atoms with E-state index in [1.807, 2.05) is 0 Å². The molecule has 2 aromatic carbocycles. The van der Waals surface area contributed by atoms with E-state index in [2.05, 4.69) is 5.32 Å². The fourth-order valence-corrected chi connectivity index (χ4v) is 4.37. The lowest BCUT2D eigenvalue weighted by atomic mass is 10.1. The molecule has 0 saturated carbocycles. The van der Waals surface area contributed by atoms with Gasteiger partial charge in [0, 0.05) is 27.7 Å². The first kappa shape index (κ1) is 26.8. The summed E-state index contributed by atoms with van der Waals surface area (Å²) < 4.78 is 41.9. The summed E-state index contributed by atoms with van der Waals surface area (Å²) in [4.78, 5) is 26.9. The zero-order valence-corrected chi connectivity index (χ0v) is 20.9. The highest BCUT2D eigenvalue weighted by Gasteiger charge is 2.33. The summed E-state index contributed by atoms with van der Waals surface area (Å²) in [5.74, 6) is -1.99. The third kappa shape index (κ3) is 6.35. The first-order valence-electron chi connectivity index (χ1n) is 9.79. The summed E-state index contributed by atoms with van der Waals surface area (Å²) in [6.07, 6.45) is 0. The van der Waals surface area contributed by atoms with Crippen molar-refractivity contribution in [2.45, 2.75) is 19.5 Å². The molecule has 1 N–H and O–H groups in total. The number of anilines is 1. The van der Waals surface area contributed by atoms with Crippen LogP contribution in [0.4, 0.5) is 10.1 Å². The molecule has 33 heavy (non-hydrogen) atoms. The van der Waals surface area contributed by atoms with Gasteiger partial charge in [-0.2, -0.15) is 12.7 Å². The van der Waals surface area contributed by atoms with Gasteiger partial charge in [-0.3, -0.25) is 9.59 Å². The van der Waals surface area contributed by atoms with Crippen molar-refractivity contribution < 1.29 is 22.4 Å². The molecule has 0 aliphatic carbocycles. The normalized spacial score (nSPS) is 12.4. The van der Waals surface area contributed by atoms with Gasteiger partial charge < -0.3 is 10.2 Å². The zero-order valence-electron chi connectivity index (χ0n) is 18.5. The second-order valence-electron chi connectivity index (χ2n) is 7.31. The van der Waals surface area contributed by atoms with E-state index < -0.39 is 40.4 Å². The maximum Gasteiger partial charge on any atom is 0.304 e. The minimum Gasteiger partial charge on any atom is -0.357 e. The molecule has 0 radical (unpaired) electrons. The molecule has 0 saturated heterocycles. The van der Waals surface area contributed by atoms with E-state index in [0.29, 0.717) is 14.9 Å². The monoisotopic (exact) mass is 518 g/mol. The summed E-state index contributed by atoms with van der Waals surface area (Å²) in [6, 6.07) is 9.00. The molecule has 0 heterocycles. The van der Waals surface area contributed by atoms with Crippen molar-refractivity contribution in [3.63, 3.8) is 0 Å². The fourth-order valence-electron chi connectivity index (χ4n) is 2.98. The Balaban J connectivity index is 2.48. The van der Waals surface area contributed by atoms with E-state index in [4.69, 9.17) is 23.2 Å². The third-order valence-electron chi connectivity index (χ3n) is 4.89. The summed E-state index contributed by atoms with van der Waals surface area (Å²) in [5.41, 5.74) is 0.281. The summed E-state index contributed by atoms with van der Waals surface area (Å²) >= 11 is 12.0. The lowest BCUT2D eigenvalue weighted by Gasteiger charge is -2.32. The van der Waals surface area contributed by atoms with Gasteiger partial charge in [0.2, 0.25) is 11.8 Å². The molecule has 12 heteroatoms. The maximum absolute atomic E-state index is 14.5. The number of carbonyl (C=O) groups excluding carboxylic acids is 2. The first-order valence-corrected chi connectivity index (χ1v) is 11.9. The fraction of sp³-hybridized carbons (Fsp3) is 0.333. The van der Waals surface area contributed by atoms with Crippen LogP contribution in [0, 0.1) is 5.82 Å². The van der Waals surface area contributed by atoms with Crippen LogP contribution in [-0.4, -0.2) is 63.2 Å². The number of nitrogens with zero attached hydrogens (tertiary/aromatic N) is 3. The molecule has 0 aromatic heterocycles. The summed E-state index contributed by atoms with van der Waals surface area (Å²) in [6.45, 7) is 0.712. The van der Waals surface area contributed by atoms with Crippen molar-refractivity contribution in [1.82, 2.24) is 14.5 Å². The highest BCUT2D eigenvalue weighted by atomic mass is 35.5. The number of para-hydroxylation sites is 1. The van der Waals surface area contributed by atoms with Crippen molar-refractivity contribution in [1.29, 1.82) is 0 Å². The molecule has 0 fully saturated rings. The molecule has 0 bridgehead atoms. The molecule has 2 rings (SSSR count). The maximum atomic E-state index is 14.5. The Morgan fingerprint density at radius 3 is 2.27 bits per heavy atom. The molecule has 1 atom stereocenters. The molecule has 1 unspecified atom stereocenters. The van der Waals surface area contributed by atoms with Crippen LogP contribution in [0.25, 0.3) is 0 Å². The zero-order chi connectivity index (χ0) is 24.9. The van der Waals surface area contributed by atoms with Crippen LogP contribution >= 0.6 is 23.2 Å². The lowest BCUT2D eigenvalue weighted by Crippen LogP contribution is -2.52. The molecule has 180 valence electrons. The van der Waals surface area contributed by atoms with E-state index in [-0.39, 0.29) is 17.3 Å². The van der Waals surface area contributed by atoms with Crippen molar-refractivity contribution in [2.75, 3.05) is 32.0 Å². The molecule has 8 nitrogen and oxygen atoms in total. The molecule has 0 spiro atoms. The molecule has 0 aliphatic heterocycles. The number of likely N-dealkylation sites (N-methyl/N-ethyl adjacent to an activating group) is 1. The topological polar surface area (TPSA) is 90.0 Å². The first-order chi connectivity index (χ1) is 15.4. The van der Waals surface area contributed by atoms with Crippen LogP contribution in [0.15, 0.2) is 42.5 Å². The van der Waals surface area contributed by atoms with Crippen LogP contribution in [0.1, 0.15) is 12.5 Å². The van der Waals surface area contributed by atoms with E-state index in [9.17, 15) is 22.4 Å². The number of hydrogen-bond donors (Lipinski definition) is 1. The minimum atomic E-state index is -4.24. The summed E-state index contributed by atoms with van der Waals surface area (Å²) in [7, 11) is -0.276. The number of amides is 2. The van der Waals surface area contributed by atoms with Gasteiger partial charge >= 0.3 is 10.2 Å². The predicted octanol–water partition coefficient (Wildman–Crippen LogP) is 2.91. The molecular formula is C21H25Cl2FN4O4S. The van der Waals surface area contributed by atoms with E-state index in [1.165, 1.54) is 51.2 Å². The Hall–Kier alpha value is -2.40. The molecular weight excluding hydrogens is 494 g/mol. The largest absolute Gasteiger partial charge is 0.357 e. The molecule has 2 aromatic rings. The SMILES string of the molecule is CNC(=O)C(C)N(Cc1ccc(Cl)c(Cl)c1)C(=O)CN(c1ccccc1F)S(=O)(=O)N(C)C. The van der Waals surface area contributed by atoms with E-state index in [0.717, 1.165) is 10.4 Å². The smallest absolute Gasteiger partial charge is 0.304 e. The average Bonchev–Trinajstić information content (AvgIpc) is 2.77. The Morgan fingerprint density at radius 1 is 1.09 bits per heavy atom. The lowest BCUT2D eigenvalue weighted by molar-refractivity contribution is -0.139. The second kappa shape index (κ2) is 11.1. The van der Waals surface area contributed by atoms with Crippen LogP contribution < -0.4 is 9.62 Å². The van der Waals surface area contributed by atoms with Crippen molar-refractivity contribution in [3.8, 4) is 0 Å². The van der Waals surface area contributed by atoms with Crippen LogP contribution in [0.5, 0.6) is 0 Å². The molecule has 0 aliphatic rings. The van der Waals surface area contributed by atoms with Gasteiger partial charge in [-0.1, -0.05) is 41.4 Å². The minimum absolute atomic E-state index is 0.0581. The van der Waals surface area contributed by atoms with Gasteiger partial charge in [0.1, 0.15) is 18.4 Å². The van der Waals surface area contributed by atoms with Gasteiger partial charge in [-0.15, -0.1) is 0 Å². The standard InChI is InChI=1S/C21H25Cl2FN4O4S/c1-14(21(30)25-2)27(12-15-9-10-16(22)17(23)11-15)20(29)13-28(33(31,32)26(3)4)19-8-6-5-7-18(19)24/h5-11,14H,12-13H2,1-4H3,(H,25,30). The average molecular weight is 519 g/mol. The van der Waals surface area contributed by atoms with Crippen LogP contribution in [-0.2, 0) is 26.3 Å².